The Morgan fingerprint density at radius 3 is 2.84 bits per heavy atom. The number of aromatic nitrogens is 2. The van der Waals surface area contributed by atoms with Gasteiger partial charge in [0.15, 0.2) is 11.5 Å². The Labute approximate surface area is 114 Å². The molecule has 9 heteroatoms. The maximum absolute atomic E-state index is 12.1. The summed E-state index contributed by atoms with van der Waals surface area (Å²) in [5, 5.41) is 20.1. The minimum Gasteiger partial charge on any atom is -0.409 e. The molecule has 0 atom stereocenters. The average molecular weight is 284 g/mol. The van der Waals surface area contributed by atoms with Crippen LogP contribution in [-0.4, -0.2) is 57.1 Å². The number of nitrogens with zero attached hydrogens (tertiary/aromatic N) is 4. The first-order valence-corrected chi connectivity index (χ1v) is 6.67. The molecule has 2 rings (SSSR count). The number of nitrogens with one attached hydrogen (secondary N) is 1. The molecule has 1 aromatic heterocycles. The van der Waals surface area contributed by atoms with Crippen LogP contribution in [0.2, 0.25) is 0 Å². The van der Waals surface area contributed by atoms with Crippen LogP contribution in [0.25, 0.3) is 0 Å². The summed E-state index contributed by atoms with van der Waals surface area (Å²) < 4.78 is 3.65. The van der Waals surface area contributed by atoms with Crippen molar-refractivity contribution in [1.82, 2.24) is 19.8 Å². The van der Waals surface area contributed by atoms with E-state index in [9.17, 15) is 4.79 Å². The predicted molar refractivity (Wildman–Crippen MR) is 70.2 cm³/mol. The molecule has 0 spiro atoms. The monoisotopic (exact) mass is 284 g/mol. The van der Waals surface area contributed by atoms with E-state index in [1.54, 1.807) is 5.38 Å². The van der Waals surface area contributed by atoms with Crippen LogP contribution >= 0.6 is 11.5 Å². The number of hydrogen-bond acceptors (Lipinski definition) is 7. The molecule has 1 saturated heterocycles. The molecular weight excluding hydrogens is 268 g/mol. The number of piperidine rings is 1. The highest BCUT2D eigenvalue weighted by Crippen LogP contribution is 2.22. The van der Waals surface area contributed by atoms with E-state index < -0.39 is 5.54 Å². The van der Waals surface area contributed by atoms with E-state index >= 15 is 0 Å². The van der Waals surface area contributed by atoms with Gasteiger partial charge in [-0.3, -0.25) is 4.79 Å². The number of amides is 1. The molecule has 1 amide bonds. The van der Waals surface area contributed by atoms with Crippen molar-refractivity contribution in [2.45, 2.75) is 18.4 Å². The lowest BCUT2D eigenvalue weighted by atomic mass is 9.86. The quantitative estimate of drug-likeness (QED) is 0.297. The lowest BCUT2D eigenvalue weighted by molar-refractivity contribution is 0.0881. The third-order valence-corrected chi connectivity index (χ3v) is 3.89. The summed E-state index contributed by atoms with van der Waals surface area (Å²) in [5.41, 5.74) is 5.19. The lowest BCUT2D eigenvalue weighted by Gasteiger charge is -2.39. The summed E-state index contributed by atoms with van der Waals surface area (Å²) in [4.78, 5) is 14.2. The second-order valence-electron chi connectivity index (χ2n) is 4.61. The highest BCUT2D eigenvalue weighted by atomic mass is 32.1. The summed E-state index contributed by atoms with van der Waals surface area (Å²) in [6.07, 6.45) is 1.17. The zero-order chi connectivity index (χ0) is 13.9. The first-order chi connectivity index (χ1) is 9.07. The van der Waals surface area contributed by atoms with Gasteiger partial charge in [0.25, 0.3) is 5.91 Å². The van der Waals surface area contributed by atoms with Crippen LogP contribution < -0.4 is 11.1 Å². The van der Waals surface area contributed by atoms with Gasteiger partial charge in [-0.1, -0.05) is 9.64 Å². The number of nitrogens with two attached hydrogens (primary N) is 1. The van der Waals surface area contributed by atoms with Crippen molar-refractivity contribution < 1.29 is 10.0 Å². The smallest absolute Gasteiger partial charge is 0.273 e. The SMILES string of the molecule is CN1CCC(NC(=O)c2csnn2)(C(N)=NO)CC1. The van der Waals surface area contributed by atoms with Crippen molar-refractivity contribution in [2.75, 3.05) is 20.1 Å². The average Bonchev–Trinajstić information content (AvgIpc) is 2.95. The van der Waals surface area contributed by atoms with Crippen LogP contribution in [0.3, 0.4) is 0 Å². The summed E-state index contributed by atoms with van der Waals surface area (Å²) in [7, 11) is 1.99. The van der Waals surface area contributed by atoms with Gasteiger partial charge >= 0.3 is 0 Å². The fourth-order valence-corrected chi connectivity index (χ4v) is 2.52. The molecule has 104 valence electrons. The Balaban J connectivity index is 2.17. The topological polar surface area (TPSA) is 117 Å². The van der Waals surface area contributed by atoms with Crippen LogP contribution in [0.1, 0.15) is 23.3 Å². The molecule has 0 radical (unpaired) electrons. The van der Waals surface area contributed by atoms with Crippen LogP contribution in [-0.2, 0) is 0 Å². The second-order valence-corrected chi connectivity index (χ2v) is 5.22. The van der Waals surface area contributed by atoms with E-state index in [1.807, 2.05) is 7.05 Å². The molecule has 0 unspecified atom stereocenters. The van der Waals surface area contributed by atoms with Crippen molar-refractivity contribution in [3.05, 3.63) is 11.1 Å². The Kier molecular flexibility index (Phi) is 3.96. The van der Waals surface area contributed by atoms with E-state index in [-0.39, 0.29) is 17.4 Å². The van der Waals surface area contributed by atoms with Crippen LogP contribution in [0.15, 0.2) is 10.5 Å². The number of carbonyl (C=O) groups excluding carboxylic acids is 1. The van der Waals surface area contributed by atoms with Gasteiger partial charge in [-0.15, -0.1) is 5.10 Å². The van der Waals surface area contributed by atoms with Crippen molar-refractivity contribution in [3.63, 3.8) is 0 Å². The minimum absolute atomic E-state index is 0.0251. The molecule has 0 saturated carbocycles. The summed E-state index contributed by atoms with van der Waals surface area (Å²) >= 11 is 1.10. The molecule has 0 aromatic carbocycles. The predicted octanol–water partition coefficient (Wildman–Crippen LogP) is -0.521. The Morgan fingerprint density at radius 2 is 2.32 bits per heavy atom. The Morgan fingerprint density at radius 1 is 1.63 bits per heavy atom. The van der Waals surface area contributed by atoms with Crippen LogP contribution in [0.5, 0.6) is 0 Å². The van der Waals surface area contributed by atoms with Crippen LogP contribution in [0.4, 0.5) is 0 Å². The zero-order valence-electron chi connectivity index (χ0n) is 10.5. The highest BCUT2D eigenvalue weighted by molar-refractivity contribution is 7.03. The van der Waals surface area contributed by atoms with E-state index in [0.29, 0.717) is 12.8 Å². The molecule has 19 heavy (non-hydrogen) atoms. The molecule has 0 aliphatic carbocycles. The molecule has 8 nitrogen and oxygen atoms in total. The normalized spacial score (nSPS) is 20.2. The number of rotatable bonds is 3. The van der Waals surface area contributed by atoms with Crippen LogP contribution in [0, 0.1) is 0 Å². The number of likely N-dealkylation sites (tertiary alicyclic amines) is 1. The maximum Gasteiger partial charge on any atom is 0.273 e. The maximum atomic E-state index is 12.1. The van der Waals surface area contributed by atoms with E-state index in [0.717, 1.165) is 24.6 Å². The number of oxime groups is 1. The molecule has 1 fully saturated rings. The Hall–Kier alpha value is -1.74. The molecule has 1 aliphatic heterocycles. The zero-order valence-corrected chi connectivity index (χ0v) is 11.4. The van der Waals surface area contributed by atoms with Gasteiger partial charge in [-0.05, 0) is 31.4 Å². The first kappa shape index (κ1) is 13.7. The standard InChI is InChI=1S/C10H16N6O2S/c1-16-4-2-10(3-5-16,9(11)14-18)12-8(17)7-6-19-15-13-7/h6,18H,2-5H2,1H3,(H2,11,14)(H,12,17). The van der Waals surface area contributed by atoms with Gasteiger partial charge in [0.05, 0.1) is 0 Å². The van der Waals surface area contributed by atoms with Gasteiger partial charge in [-0.25, -0.2) is 0 Å². The minimum atomic E-state index is -0.817. The summed E-state index contributed by atoms with van der Waals surface area (Å²) in [5.74, 6) is -0.331. The molecule has 1 aromatic rings. The molecular formula is C10H16N6O2S. The third-order valence-electron chi connectivity index (χ3n) is 3.38. The fourth-order valence-electron chi connectivity index (χ4n) is 2.09. The number of amidine groups is 1. The molecule has 0 bridgehead atoms. The summed E-state index contributed by atoms with van der Waals surface area (Å²) in [6, 6.07) is 0. The van der Waals surface area contributed by atoms with Crippen molar-refractivity contribution in [1.29, 1.82) is 0 Å². The van der Waals surface area contributed by atoms with Gasteiger partial charge < -0.3 is 21.2 Å². The van der Waals surface area contributed by atoms with Gasteiger partial charge in [-0.2, -0.15) is 0 Å². The van der Waals surface area contributed by atoms with E-state index in [1.165, 1.54) is 0 Å². The summed E-state index contributed by atoms with van der Waals surface area (Å²) in [6.45, 7) is 1.51. The van der Waals surface area contributed by atoms with Gasteiger partial charge in [0, 0.05) is 18.5 Å². The molecule has 1 aliphatic rings. The number of carbonyl (C=O) groups is 1. The van der Waals surface area contributed by atoms with Crippen molar-refractivity contribution in [3.8, 4) is 0 Å². The largest absolute Gasteiger partial charge is 0.409 e. The van der Waals surface area contributed by atoms with E-state index in [2.05, 4.69) is 25.0 Å². The number of hydrogen-bond donors (Lipinski definition) is 3. The Bertz CT molecular complexity index is 466. The molecule has 2 heterocycles. The van der Waals surface area contributed by atoms with Crippen molar-refractivity contribution in [2.24, 2.45) is 10.9 Å². The van der Waals surface area contributed by atoms with E-state index in [4.69, 9.17) is 10.9 Å². The van der Waals surface area contributed by atoms with Gasteiger partial charge in [0.1, 0.15) is 5.54 Å². The highest BCUT2D eigenvalue weighted by Gasteiger charge is 2.40. The molecule has 4 N–H and O–H groups in total. The second kappa shape index (κ2) is 5.49. The lowest BCUT2D eigenvalue weighted by Crippen LogP contribution is -2.62. The van der Waals surface area contributed by atoms with Gasteiger partial charge in [0.2, 0.25) is 0 Å². The van der Waals surface area contributed by atoms with Crippen molar-refractivity contribution >= 4 is 23.3 Å². The fraction of sp³-hybridized carbons (Fsp3) is 0.600. The third kappa shape index (κ3) is 2.82. The first-order valence-electron chi connectivity index (χ1n) is 5.83.